The Labute approximate surface area is 114 Å². The van der Waals surface area contributed by atoms with E-state index in [1.165, 1.54) is 32.1 Å². The number of hydrogen-bond donors (Lipinski definition) is 2. The molecule has 1 atom stereocenters. The summed E-state index contributed by atoms with van der Waals surface area (Å²) in [5, 5.41) is 2.87. The molecule has 1 aromatic rings. The van der Waals surface area contributed by atoms with Gasteiger partial charge < -0.3 is 11.1 Å². The van der Waals surface area contributed by atoms with Gasteiger partial charge in [0.1, 0.15) is 0 Å². The summed E-state index contributed by atoms with van der Waals surface area (Å²) in [6.45, 7) is 1.88. The zero-order valence-electron chi connectivity index (χ0n) is 11.6. The highest BCUT2D eigenvalue weighted by Gasteiger charge is 2.21. The van der Waals surface area contributed by atoms with E-state index in [0.29, 0.717) is 5.92 Å². The first-order valence-electron chi connectivity index (χ1n) is 7.15. The zero-order chi connectivity index (χ0) is 13.7. The fourth-order valence-corrected chi connectivity index (χ4v) is 2.73. The molecule has 1 saturated carbocycles. The number of hydrogen-bond acceptors (Lipinski definition) is 3. The zero-order valence-corrected chi connectivity index (χ0v) is 11.6. The highest BCUT2D eigenvalue weighted by Crippen LogP contribution is 2.27. The summed E-state index contributed by atoms with van der Waals surface area (Å²) in [4.78, 5) is 16.2. The number of nitrogens with two attached hydrogens (primary N) is 1. The lowest BCUT2D eigenvalue weighted by Crippen LogP contribution is -2.37. The van der Waals surface area contributed by atoms with Crippen molar-refractivity contribution < 1.29 is 4.79 Å². The first-order valence-corrected chi connectivity index (χ1v) is 7.15. The van der Waals surface area contributed by atoms with Crippen LogP contribution in [0.2, 0.25) is 0 Å². The van der Waals surface area contributed by atoms with E-state index in [4.69, 9.17) is 5.73 Å². The van der Waals surface area contributed by atoms with Crippen molar-refractivity contribution in [2.45, 2.75) is 51.5 Å². The topological polar surface area (TPSA) is 68.0 Å². The Balaban J connectivity index is 1.87. The van der Waals surface area contributed by atoms with E-state index >= 15 is 0 Å². The average Bonchev–Trinajstić information content (AvgIpc) is 2.42. The molecule has 19 heavy (non-hydrogen) atoms. The van der Waals surface area contributed by atoms with Gasteiger partial charge in [0.15, 0.2) is 0 Å². The molecule has 0 aliphatic heterocycles. The van der Waals surface area contributed by atoms with Crippen LogP contribution < -0.4 is 11.1 Å². The molecule has 2 rings (SSSR count). The third-order valence-corrected chi connectivity index (χ3v) is 3.91. The smallest absolute Gasteiger partial charge is 0.241 e. The first-order chi connectivity index (χ1) is 9.16. The maximum atomic E-state index is 12.1. The third kappa shape index (κ3) is 4.03. The Kier molecular flexibility index (Phi) is 4.91. The van der Waals surface area contributed by atoms with Crippen molar-refractivity contribution in [1.82, 2.24) is 4.98 Å². The van der Waals surface area contributed by atoms with Crippen molar-refractivity contribution in [3.63, 3.8) is 0 Å². The molecule has 0 radical (unpaired) electrons. The summed E-state index contributed by atoms with van der Waals surface area (Å²) in [6.07, 6.45) is 8.83. The van der Waals surface area contributed by atoms with Gasteiger partial charge in [-0.3, -0.25) is 9.78 Å². The van der Waals surface area contributed by atoms with Crippen LogP contribution in [0, 0.1) is 12.8 Å². The summed E-state index contributed by atoms with van der Waals surface area (Å²) >= 11 is 0. The summed E-state index contributed by atoms with van der Waals surface area (Å²) in [6, 6.07) is 3.26. The van der Waals surface area contributed by atoms with Gasteiger partial charge in [-0.2, -0.15) is 0 Å². The number of amides is 1. The van der Waals surface area contributed by atoms with Crippen molar-refractivity contribution in [2.24, 2.45) is 11.7 Å². The van der Waals surface area contributed by atoms with Gasteiger partial charge in [0.2, 0.25) is 5.91 Å². The van der Waals surface area contributed by atoms with Crippen LogP contribution in [0.4, 0.5) is 5.69 Å². The molecule has 0 spiro atoms. The monoisotopic (exact) mass is 261 g/mol. The minimum Gasteiger partial charge on any atom is -0.323 e. The first kappa shape index (κ1) is 14.0. The van der Waals surface area contributed by atoms with Gasteiger partial charge in [0.05, 0.1) is 17.4 Å². The van der Waals surface area contributed by atoms with Crippen molar-refractivity contribution >= 4 is 11.6 Å². The van der Waals surface area contributed by atoms with E-state index in [1.807, 2.05) is 19.1 Å². The molecule has 1 aliphatic rings. The fraction of sp³-hybridized carbons (Fsp3) is 0.600. The number of carbonyl (C=O) groups is 1. The second-order valence-corrected chi connectivity index (χ2v) is 5.47. The summed E-state index contributed by atoms with van der Waals surface area (Å²) < 4.78 is 0. The van der Waals surface area contributed by atoms with Gasteiger partial charge in [0.25, 0.3) is 0 Å². The van der Waals surface area contributed by atoms with Crippen LogP contribution in [-0.2, 0) is 4.79 Å². The molecule has 1 aromatic heterocycles. The number of rotatable bonds is 4. The molecule has 4 heteroatoms. The minimum atomic E-state index is -0.414. The standard InChI is InChI=1S/C15H23N3O/c1-11-14(8-5-9-17-11)18-15(19)13(16)10-12-6-3-2-4-7-12/h5,8-9,12-13H,2-4,6-7,10,16H2,1H3,(H,18,19). The van der Waals surface area contributed by atoms with Crippen LogP contribution in [0.25, 0.3) is 0 Å². The van der Waals surface area contributed by atoms with Crippen LogP contribution >= 0.6 is 0 Å². The van der Waals surface area contributed by atoms with Crippen LogP contribution in [0.15, 0.2) is 18.3 Å². The second-order valence-electron chi connectivity index (χ2n) is 5.47. The van der Waals surface area contributed by atoms with E-state index in [2.05, 4.69) is 10.3 Å². The molecular weight excluding hydrogens is 238 g/mol. The molecule has 0 saturated heterocycles. The molecule has 1 fully saturated rings. The number of pyridine rings is 1. The molecule has 104 valence electrons. The van der Waals surface area contributed by atoms with Gasteiger partial charge >= 0.3 is 0 Å². The number of nitrogens with one attached hydrogen (secondary N) is 1. The quantitative estimate of drug-likeness (QED) is 0.875. The van der Waals surface area contributed by atoms with E-state index in [0.717, 1.165) is 17.8 Å². The molecular formula is C15H23N3O. The SMILES string of the molecule is Cc1ncccc1NC(=O)C(N)CC1CCCCC1. The number of aryl methyl sites for hydroxylation is 1. The van der Waals surface area contributed by atoms with Gasteiger partial charge in [-0.25, -0.2) is 0 Å². The lowest BCUT2D eigenvalue weighted by atomic mass is 9.85. The maximum Gasteiger partial charge on any atom is 0.241 e. The van der Waals surface area contributed by atoms with Crippen molar-refractivity contribution in [2.75, 3.05) is 5.32 Å². The summed E-state index contributed by atoms with van der Waals surface area (Å²) in [5.74, 6) is 0.520. The van der Waals surface area contributed by atoms with Gasteiger partial charge in [-0.1, -0.05) is 32.1 Å². The largest absolute Gasteiger partial charge is 0.323 e. The lowest BCUT2D eigenvalue weighted by molar-refractivity contribution is -0.117. The van der Waals surface area contributed by atoms with Crippen molar-refractivity contribution in [3.8, 4) is 0 Å². The van der Waals surface area contributed by atoms with E-state index in [9.17, 15) is 4.79 Å². The Hall–Kier alpha value is -1.42. The molecule has 0 aromatic carbocycles. The van der Waals surface area contributed by atoms with E-state index < -0.39 is 6.04 Å². The normalized spacial score (nSPS) is 18.0. The molecule has 1 unspecified atom stereocenters. The lowest BCUT2D eigenvalue weighted by Gasteiger charge is -2.24. The molecule has 1 aliphatic carbocycles. The van der Waals surface area contributed by atoms with Crippen LogP contribution in [0.5, 0.6) is 0 Å². The second kappa shape index (κ2) is 6.66. The van der Waals surface area contributed by atoms with Gasteiger partial charge in [0, 0.05) is 6.20 Å². The van der Waals surface area contributed by atoms with Crippen LogP contribution in [-0.4, -0.2) is 16.9 Å². The Bertz CT molecular complexity index is 427. The average molecular weight is 261 g/mol. The highest BCUT2D eigenvalue weighted by atomic mass is 16.2. The molecule has 1 heterocycles. The Morgan fingerprint density at radius 2 is 2.21 bits per heavy atom. The van der Waals surface area contributed by atoms with Crippen molar-refractivity contribution in [3.05, 3.63) is 24.0 Å². The highest BCUT2D eigenvalue weighted by molar-refractivity contribution is 5.95. The number of nitrogens with zero attached hydrogens (tertiary/aromatic N) is 1. The number of carbonyl (C=O) groups excluding carboxylic acids is 1. The Morgan fingerprint density at radius 3 is 2.89 bits per heavy atom. The van der Waals surface area contributed by atoms with Gasteiger partial charge in [-0.15, -0.1) is 0 Å². The van der Waals surface area contributed by atoms with E-state index in [1.54, 1.807) is 6.20 Å². The van der Waals surface area contributed by atoms with Gasteiger partial charge in [-0.05, 0) is 31.4 Å². The molecule has 3 N–H and O–H groups in total. The van der Waals surface area contributed by atoms with Crippen LogP contribution in [0.3, 0.4) is 0 Å². The third-order valence-electron chi connectivity index (χ3n) is 3.91. The molecule has 0 bridgehead atoms. The predicted molar refractivity (Wildman–Crippen MR) is 76.8 cm³/mol. The minimum absolute atomic E-state index is 0.0957. The number of aromatic nitrogens is 1. The molecule has 4 nitrogen and oxygen atoms in total. The summed E-state index contributed by atoms with van der Waals surface area (Å²) in [5.41, 5.74) is 7.59. The Morgan fingerprint density at radius 1 is 1.47 bits per heavy atom. The van der Waals surface area contributed by atoms with Crippen LogP contribution in [0.1, 0.15) is 44.2 Å². The predicted octanol–water partition coefficient (Wildman–Crippen LogP) is 2.63. The van der Waals surface area contributed by atoms with E-state index in [-0.39, 0.29) is 5.91 Å². The number of anilines is 1. The summed E-state index contributed by atoms with van der Waals surface area (Å²) in [7, 11) is 0. The molecule has 1 amide bonds. The maximum absolute atomic E-state index is 12.1. The fourth-order valence-electron chi connectivity index (χ4n) is 2.73. The van der Waals surface area contributed by atoms with Crippen molar-refractivity contribution in [1.29, 1.82) is 0 Å².